The smallest absolute Gasteiger partial charge is 0.134 e. The summed E-state index contributed by atoms with van der Waals surface area (Å²) in [6.07, 6.45) is 2.68. The number of benzene rings is 1. The fourth-order valence-electron chi connectivity index (χ4n) is 2.40. The normalized spacial score (nSPS) is 12.9. The Morgan fingerprint density at radius 3 is 2.90 bits per heavy atom. The van der Waals surface area contributed by atoms with Gasteiger partial charge in [0.15, 0.2) is 0 Å². The molecule has 1 unspecified atom stereocenters. The van der Waals surface area contributed by atoms with Gasteiger partial charge in [-0.05, 0) is 32.2 Å². The Morgan fingerprint density at radius 1 is 1.35 bits per heavy atom. The van der Waals surface area contributed by atoms with Gasteiger partial charge in [0.2, 0.25) is 0 Å². The minimum atomic E-state index is 0.0967. The van der Waals surface area contributed by atoms with Gasteiger partial charge in [-0.3, -0.25) is 4.68 Å². The number of furan rings is 1. The van der Waals surface area contributed by atoms with E-state index in [2.05, 4.69) is 40.8 Å². The second-order valence-corrected chi connectivity index (χ2v) is 5.12. The van der Waals surface area contributed by atoms with Gasteiger partial charge in [-0.2, -0.15) is 0 Å². The third-order valence-corrected chi connectivity index (χ3v) is 3.45. The van der Waals surface area contributed by atoms with Crippen LogP contribution >= 0.6 is 0 Å². The van der Waals surface area contributed by atoms with Crippen LogP contribution in [0.3, 0.4) is 0 Å². The number of hydrogen-bond donors (Lipinski definition) is 1. The minimum Gasteiger partial charge on any atom is -0.459 e. The van der Waals surface area contributed by atoms with Crippen molar-refractivity contribution in [1.29, 1.82) is 0 Å². The maximum Gasteiger partial charge on any atom is 0.134 e. The molecule has 0 aliphatic carbocycles. The van der Waals surface area contributed by atoms with E-state index >= 15 is 0 Å². The second kappa shape index (κ2) is 5.09. The molecule has 0 saturated heterocycles. The first kappa shape index (κ1) is 12.9. The zero-order valence-electron chi connectivity index (χ0n) is 11.9. The zero-order chi connectivity index (χ0) is 14.1. The summed E-state index contributed by atoms with van der Waals surface area (Å²) in [4.78, 5) is 0. The predicted molar refractivity (Wildman–Crippen MR) is 77.5 cm³/mol. The monoisotopic (exact) mass is 270 g/mol. The van der Waals surface area contributed by atoms with Crippen molar-refractivity contribution in [2.45, 2.75) is 19.4 Å². The lowest BCUT2D eigenvalue weighted by Crippen LogP contribution is -2.18. The molecular weight excluding hydrogens is 252 g/mol. The van der Waals surface area contributed by atoms with E-state index in [4.69, 9.17) is 4.42 Å². The van der Waals surface area contributed by atoms with Crippen LogP contribution in [0.15, 0.2) is 34.9 Å². The van der Waals surface area contributed by atoms with Crippen molar-refractivity contribution in [1.82, 2.24) is 20.3 Å². The first-order valence-corrected chi connectivity index (χ1v) is 6.68. The number of fused-ring (bicyclic) bond motifs is 1. The van der Waals surface area contributed by atoms with E-state index in [1.54, 1.807) is 4.68 Å². The summed E-state index contributed by atoms with van der Waals surface area (Å²) in [6, 6.07) is 8.41. The molecule has 2 aromatic heterocycles. The average molecular weight is 270 g/mol. The lowest BCUT2D eigenvalue weighted by Gasteiger charge is -2.11. The van der Waals surface area contributed by atoms with Crippen LogP contribution < -0.4 is 5.32 Å². The van der Waals surface area contributed by atoms with Crippen molar-refractivity contribution >= 4 is 11.0 Å². The van der Waals surface area contributed by atoms with E-state index in [0.717, 1.165) is 28.8 Å². The quantitative estimate of drug-likeness (QED) is 0.790. The molecule has 0 aliphatic heterocycles. The van der Waals surface area contributed by atoms with Crippen molar-refractivity contribution in [2.24, 2.45) is 7.05 Å². The summed E-state index contributed by atoms with van der Waals surface area (Å²) in [6.45, 7) is 2.08. The maximum atomic E-state index is 5.94. The van der Waals surface area contributed by atoms with Crippen LogP contribution in [0.1, 0.15) is 23.1 Å². The number of nitrogens with zero attached hydrogens (tertiary/aromatic N) is 3. The van der Waals surface area contributed by atoms with Gasteiger partial charge in [-0.25, -0.2) is 0 Å². The number of nitrogens with one attached hydrogen (secondary N) is 1. The molecule has 1 aromatic carbocycles. The van der Waals surface area contributed by atoms with Crippen molar-refractivity contribution in [3.8, 4) is 0 Å². The molecule has 0 bridgehead atoms. The summed E-state index contributed by atoms with van der Waals surface area (Å²) in [5, 5.41) is 12.5. The predicted octanol–water partition coefficient (Wildman–Crippen LogP) is 2.37. The van der Waals surface area contributed by atoms with Crippen LogP contribution in [-0.4, -0.2) is 22.0 Å². The summed E-state index contributed by atoms with van der Waals surface area (Å²) < 4.78 is 7.65. The number of aryl methyl sites for hydroxylation is 2. The highest BCUT2D eigenvalue weighted by Gasteiger charge is 2.16. The molecule has 1 N–H and O–H groups in total. The van der Waals surface area contributed by atoms with Crippen molar-refractivity contribution in [3.05, 3.63) is 47.5 Å². The van der Waals surface area contributed by atoms with E-state index in [9.17, 15) is 0 Å². The fourth-order valence-corrected chi connectivity index (χ4v) is 2.40. The Labute approximate surface area is 117 Å². The molecule has 0 amide bonds. The molecule has 2 heterocycles. The Balaban J connectivity index is 1.90. The van der Waals surface area contributed by atoms with E-state index in [1.807, 2.05) is 26.4 Å². The van der Waals surface area contributed by atoms with Crippen LogP contribution in [0.5, 0.6) is 0 Å². The molecule has 0 radical (unpaired) electrons. The van der Waals surface area contributed by atoms with Gasteiger partial charge < -0.3 is 9.73 Å². The highest BCUT2D eigenvalue weighted by atomic mass is 16.3. The molecule has 0 fully saturated rings. The fraction of sp³-hybridized carbons (Fsp3) is 0.333. The summed E-state index contributed by atoms with van der Waals surface area (Å²) in [5.41, 5.74) is 3.10. The lowest BCUT2D eigenvalue weighted by molar-refractivity contribution is 0.448. The topological polar surface area (TPSA) is 55.9 Å². The first-order valence-electron chi connectivity index (χ1n) is 6.68. The lowest BCUT2D eigenvalue weighted by atomic mass is 10.1. The largest absolute Gasteiger partial charge is 0.459 e. The molecule has 5 nitrogen and oxygen atoms in total. The number of likely N-dealkylation sites (N-methyl/N-ethyl adjacent to an activating group) is 1. The van der Waals surface area contributed by atoms with Crippen LogP contribution in [-0.2, 0) is 13.5 Å². The summed E-state index contributed by atoms with van der Waals surface area (Å²) >= 11 is 0. The highest BCUT2D eigenvalue weighted by Crippen LogP contribution is 2.26. The number of rotatable bonds is 4. The summed E-state index contributed by atoms with van der Waals surface area (Å²) in [5.74, 6) is 0.929. The molecule has 0 spiro atoms. The van der Waals surface area contributed by atoms with E-state index in [0.29, 0.717) is 0 Å². The van der Waals surface area contributed by atoms with Gasteiger partial charge in [0.05, 0.1) is 11.7 Å². The van der Waals surface area contributed by atoms with Gasteiger partial charge in [-0.1, -0.05) is 16.8 Å². The van der Waals surface area contributed by atoms with Gasteiger partial charge >= 0.3 is 0 Å². The van der Waals surface area contributed by atoms with Crippen LogP contribution in [0.4, 0.5) is 0 Å². The Hall–Kier alpha value is -2.14. The summed E-state index contributed by atoms with van der Waals surface area (Å²) in [7, 11) is 3.80. The molecule has 5 heteroatoms. The van der Waals surface area contributed by atoms with Gasteiger partial charge in [0, 0.05) is 25.1 Å². The average Bonchev–Trinajstić information content (AvgIpc) is 3.01. The van der Waals surface area contributed by atoms with Crippen LogP contribution in [0.25, 0.3) is 11.0 Å². The standard InChI is InChI=1S/C15H18N4O/c1-10-4-5-14-11(6-10)7-15(20-14)13(16-2)8-12-9-19(3)18-17-12/h4-7,9,13,16H,8H2,1-3H3. The van der Waals surface area contributed by atoms with Gasteiger partial charge in [0.1, 0.15) is 11.3 Å². The Morgan fingerprint density at radius 2 is 2.20 bits per heavy atom. The van der Waals surface area contributed by atoms with E-state index in [-0.39, 0.29) is 6.04 Å². The molecular formula is C15H18N4O. The van der Waals surface area contributed by atoms with Gasteiger partial charge in [-0.15, -0.1) is 5.10 Å². The maximum absolute atomic E-state index is 5.94. The van der Waals surface area contributed by atoms with Crippen molar-refractivity contribution in [3.63, 3.8) is 0 Å². The third-order valence-electron chi connectivity index (χ3n) is 3.45. The van der Waals surface area contributed by atoms with E-state index in [1.165, 1.54) is 5.56 Å². The van der Waals surface area contributed by atoms with Crippen LogP contribution in [0, 0.1) is 6.92 Å². The Bertz CT molecular complexity index is 728. The number of hydrogen-bond acceptors (Lipinski definition) is 4. The van der Waals surface area contributed by atoms with E-state index < -0.39 is 0 Å². The number of aromatic nitrogens is 3. The van der Waals surface area contributed by atoms with Crippen molar-refractivity contribution < 1.29 is 4.42 Å². The molecule has 1 atom stereocenters. The minimum absolute atomic E-state index is 0.0967. The molecule has 104 valence electrons. The molecule has 0 aliphatic rings. The SMILES string of the molecule is CNC(Cc1cn(C)nn1)c1cc2cc(C)ccc2o1. The first-order chi connectivity index (χ1) is 9.65. The van der Waals surface area contributed by atoms with Gasteiger partial charge in [0.25, 0.3) is 0 Å². The second-order valence-electron chi connectivity index (χ2n) is 5.12. The zero-order valence-corrected chi connectivity index (χ0v) is 11.9. The third kappa shape index (κ3) is 2.44. The molecule has 3 rings (SSSR count). The van der Waals surface area contributed by atoms with Crippen molar-refractivity contribution in [2.75, 3.05) is 7.05 Å². The van der Waals surface area contributed by atoms with Crippen LogP contribution in [0.2, 0.25) is 0 Å². The molecule has 0 saturated carbocycles. The molecule has 3 aromatic rings. The highest BCUT2D eigenvalue weighted by molar-refractivity contribution is 5.78. The molecule has 20 heavy (non-hydrogen) atoms. The Kier molecular flexibility index (Phi) is 3.28.